The minimum Gasteiger partial charge on any atom is -0.493 e. The summed E-state index contributed by atoms with van der Waals surface area (Å²) in [5.41, 5.74) is -2.21. The molecule has 0 radical (unpaired) electrons. The quantitative estimate of drug-likeness (QED) is 0.106. The second-order valence-electron chi connectivity index (χ2n) is 14.9. The second kappa shape index (κ2) is 13.6. The maximum Gasteiger partial charge on any atom is 0.336 e. The highest BCUT2D eigenvalue weighted by Crippen LogP contribution is 2.61. The van der Waals surface area contributed by atoms with Crippen LogP contribution in [-0.2, 0) is 18.9 Å². The van der Waals surface area contributed by atoms with E-state index < -0.39 is 90.6 Å². The summed E-state index contributed by atoms with van der Waals surface area (Å²) in [6.45, 7) is 9.18. The van der Waals surface area contributed by atoms with E-state index in [1.165, 1.54) is 6.07 Å². The third kappa shape index (κ3) is 6.58. The van der Waals surface area contributed by atoms with Gasteiger partial charge in [0.05, 0.1) is 38.6 Å². The predicted octanol–water partition coefficient (Wildman–Crippen LogP) is 0.201. The van der Waals surface area contributed by atoms with Gasteiger partial charge in [-0.15, -0.1) is 0 Å². The summed E-state index contributed by atoms with van der Waals surface area (Å²) in [5, 5.41) is 74.5. The summed E-state index contributed by atoms with van der Waals surface area (Å²) in [4.78, 5) is 11.7. The van der Waals surface area contributed by atoms with E-state index in [-0.39, 0.29) is 25.0 Å². The molecule has 0 spiro atoms. The number of benzene rings is 1. The number of rotatable bonds is 9. The van der Waals surface area contributed by atoms with Gasteiger partial charge in [-0.2, -0.15) is 0 Å². The second-order valence-corrected chi connectivity index (χ2v) is 14.9. The van der Waals surface area contributed by atoms with Crippen molar-refractivity contribution in [2.75, 3.05) is 26.4 Å². The van der Waals surface area contributed by atoms with Crippen molar-refractivity contribution in [3.05, 3.63) is 52.9 Å². The first-order valence-corrected chi connectivity index (χ1v) is 16.7. The van der Waals surface area contributed by atoms with Crippen LogP contribution in [0.5, 0.6) is 5.75 Å². The zero-order chi connectivity index (χ0) is 35.5. The van der Waals surface area contributed by atoms with E-state index in [2.05, 4.69) is 13.5 Å². The van der Waals surface area contributed by atoms with Gasteiger partial charge in [0.2, 0.25) is 0 Å². The van der Waals surface area contributed by atoms with Gasteiger partial charge < -0.3 is 63.8 Å². The summed E-state index contributed by atoms with van der Waals surface area (Å²) in [6.07, 6.45) is -10.1. The molecule has 2 saturated heterocycles. The lowest BCUT2D eigenvalue weighted by atomic mass is 9.46. The zero-order valence-corrected chi connectivity index (χ0v) is 27.9. The van der Waals surface area contributed by atoms with Crippen LogP contribution >= 0.6 is 0 Å². The number of fused-ring (bicyclic) bond motifs is 2. The van der Waals surface area contributed by atoms with Crippen molar-refractivity contribution < 1.29 is 63.8 Å². The van der Waals surface area contributed by atoms with Crippen LogP contribution in [0.15, 0.2) is 51.7 Å². The molecule has 2 aliphatic carbocycles. The van der Waals surface area contributed by atoms with Crippen molar-refractivity contribution in [3.8, 4) is 5.75 Å². The molecule has 7 N–H and O–H groups in total. The maximum atomic E-state index is 11.7. The van der Waals surface area contributed by atoms with Crippen LogP contribution in [-0.4, -0.2) is 123 Å². The lowest BCUT2D eigenvalue weighted by Crippen LogP contribution is -2.64. The van der Waals surface area contributed by atoms with Crippen LogP contribution in [0.1, 0.15) is 40.0 Å². The molecule has 4 aliphatic rings. The molecule has 3 heterocycles. The van der Waals surface area contributed by atoms with E-state index in [4.69, 9.17) is 28.1 Å². The molecule has 4 fully saturated rings. The Hall–Kier alpha value is -2.47. The fourth-order valence-electron chi connectivity index (χ4n) is 8.66. The van der Waals surface area contributed by atoms with Gasteiger partial charge in [0.15, 0.2) is 12.6 Å². The summed E-state index contributed by atoms with van der Waals surface area (Å²) < 4.78 is 34.7. The first-order chi connectivity index (χ1) is 23.1. The highest BCUT2D eigenvalue weighted by molar-refractivity contribution is 5.77. The lowest BCUT2D eigenvalue weighted by Gasteiger charge is -2.61. The molecule has 49 heavy (non-hydrogen) atoms. The average Bonchev–Trinajstić information content (AvgIpc) is 3.34. The summed E-state index contributed by atoms with van der Waals surface area (Å²) >= 11 is 0. The fraction of sp³-hybridized carbons (Fsp3) is 0.686. The van der Waals surface area contributed by atoms with Crippen molar-refractivity contribution >= 4 is 11.0 Å². The van der Waals surface area contributed by atoms with E-state index in [0.717, 1.165) is 11.0 Å². The van der Waals surface area contributed by atoms with Gasteiger partial charge in [-0.3, -0.25) is 0 Å². The number of aliphatic hydroxyl groups is 7. The Kier molecular flexibility index (Phi) is 10.1. The summed E-state index contributed by atoms with van der Waals surface area (Å²) in [5.74, 6) is 0.110. The molecule has 272 valence electrons. The molecular weight excluding hydrogens is 644 g/mol. The van der Waals surface area contributed by atoms with Crippen LogP contribution in [0.4, 0.5) is 0 Å². The first-order valence-electron chi connectivity index (χ1n) is 16.7. The zero-order valence-electron chi connectivity index (χ0n) is 27.9. The number of hydrogen-bond donors (Lipinski definition) is 7. The monoisotopic (exact) mass is 692 g/mol. The van der Waals surface area contributed by atoms with Crippen molar-refractivity contribution in [2.24, 2.45) is 22.7 Å². The molecule has 2 aliphatic heterocycles. The highest BCUT2D eigenvalue weighted by Gasteiger charge is 2.61. The molecule has 2 saturated carbocycles. The largest absolute Gasteiger partial charge is 0.493 e. The highest BCUT2D eigenvalue weighted by atomic mass is 16.7. The summed E-state index contributed by atoms with van der Waals surface area (Å²) in [7, 11) is 0. The van der Waals surface area contributed by atoms with Gasteiger partial charge >= 0.3 is 5.63 Å². The predicted molar refractivity (Wildman–Crippen MR) is 171 cm³/mol. The van der Waals surface area contributed by atoms with Crippen LogP contribution in [0.3, 0.4) is 0 Å². The molecule has 1 aromatic heterocycles. The van der Waals surface area contributed by atoms with Crippen molar-refractivity contribution in [1.29, 1.82) is 0 Å². The van der Waals surface area contributed by atoms with Gasteiger partial charge in [-0.05, 0) is 54.2 Å². The van der Waals surface area contributed by atoms with E-state index >= 15 is 0 Å². The Balaban J connectivity index is 1.14. The van der Waals surface area contributed by atoms with Crippen LogP contribution in [0.2, 0.25) is 0 Å². The molecule has 6 rings (SSSR count). The molecule has 13 unspecified atom stereocenters. The smallest absolute Gasteiger partial charge is 0.336 e. The Morgan fingerprint density at radius 2 is 1.71 bits per heavy atom. The van der Waals surface area contributed by atoms with Crippen LogP contribution in [0, 0.1) is 22.7 Å². The van der Waals surface area contributed by atoms with E-state index in [0.29, 0.717) is 30.6 Å². The van der Waals surface area contributed by atoms with Gasteiger partial charge in [0.25, 0.3) is 0 Å². The fourth-order valence-corrected chi connectivity index (χ4v) is 8.66. The Bertz CT molecular complexity index is 1560. The Morgan fingerprint density at radius 3 is 2.43 bits per heavy atom. The SMILES string of the molecule is C=C1CC(O)C2C(C)(C)C(OC3OC(COC4OCC(O)(CO)C4O)C(O)C(O)C3O)CCC2(C)C1COc1ccc2ccc(=O)oc2c1. The third-order valence-corrected chi connectivity index (χ3v) is 11.4. The normalized spacial score (nSPS) is 42.2. The number of aliphatic hydroxyl groups excluding tert-OH is 6. The third-order valence-electron chi connectivity index (χ3n) is 11.4. The van der Waals surface area contributed by atoms with Crippen LogP contribution in [0.25, 0.3) is 11.0 Å². The van der Waals surface area contributed by atoms with E-state index in [9.17, 15) is 40.5 Å². The van der Waals surface area contributed by atoms with Gasteiger partial charge in [-0.25, -0.2) is 4.79 Å². The van der Waals surface area contributed by atoms with Gasteiger partial charge in [0.1, 0.15) is 47.5 Å². The van der Waals surface area contributed by atoms with Gasteiger partial charge in [-0.1, -0.05) is 32.9 Å². The Morgan fingerprint density at radius 1 is 0.980 bits per heavy atom. The molecular formula is C35H48O14. The first kappa shape index (κ1) is 36.3. The minimum atomic E-state index is -1.91. The topological polar surface area (TPSA) is 218 Å². The molecule has 0 amide bonds. The van der Waals surface area contributed by atoms with Crippen LogP contribution < -0.4 is 10.4 Å². The summed E-state index contributed by atoms with van der Waals surface area (Å²) in [6, 6.07) is 8.37. The standard InChI is InChI=1S/C35H48O14/c1-17-11-21(37)29-33(2,3)24(9-10-34(29,4)20(17)13-44-19-7-5-18-6-8-25(38)47-22(18)12-19)49-31-28(41)27(40)26(39)23(48-31)14-45-32-30(42)35(43,15-36)16-46-32/h5-8,12,20-21,23-24,26-32,36-37,39-43H,1,9-11,13-16H2,2-4H3. The Labute approximate surface area is 283 Å². The molecule has 14 heteroatoms. The molecule has 14 nitrogen and oxygen atoms in total. The number of ether oxygens (including phenoxy) is 5. The molecule has 2 aromatic rings. The van der Waals surface area contributed by atoms with Gasteiger partial charge in [0, 0.05) is 23.4 Å². The van der Waals surface area contributed by atoms with E-state index in [1.54, 1.807) is 12.1 Å². The number of hydrogen-bond acceptors (Lipinski definition) is 14. The average molecular weight is 693 g/mol. The molecule has 0 bridgehead atoms. The van der Waals surface area contributed by atoms with Crippen molar-refractivity contribution in [2.45, 2.75) is 101 Å². The molecule has 13 atom stereocenters. The van der Waals surface area contributed by atoms with E-state index in [1.807, 2.05) is 26.0 Å². The minimum absolute atomic E-state index is 0.133. The van der Waals surface area contributed by atoms with Crippen molar-refractivity contribution in [3.63, 3.8) is 0 Å². The van der Waals surface area contributed by atoms with Crippen molar-refractivity contribution in [1.82, 2.24) is 0 Å². The lowest BCUT2D eigenvalue weighted by molar-refractivity contribution is -0.335. The molecule has 1 aromatic carbocycles. The maximum absolute atomic E-state index is 11.7.